The molecule has 1 heterocycles. The summed E-state index contributed by atoms with van der Waals surface area (Å²) in [5.41, 5.74) is 2.23. The van der Waals surface area contributed by atoms with Gasteiger partial charge in [0.15, 0.2) is 11.0 Å². The van der Waals surface area contributed by atoms with Crippen LogP contribution >= 0.6 is 11.8 Å². The summed E-state index contributed by atoms with van der Waals surface area (Å²) in [6.45, 7) is 3.96. The molecule has 1 unspecified atom stereocenters. The largest absolute Gasteiger partial charge is 0.352 e. The molecule has 1 aliphatic rings. The summed E-state index contributed by atoms with van der Waals surface area (Å²) < 4.78 is 1.94. The number of aryl methyl sites for hydroxylation is 1. The highest BCUT2D eigenvalue weighted by molar-refractivity contribution is 8.00. The van der Waals surface area contributed by atoms with Crippen LogP contribution in [0.3, 0.4) is 0 Å². The highest BCUT2D eigenvalue weighted by Gasteiger charge is 2.27. The first-order valence-electron chi connectivity index (χ1n) is 7.48. The molecule has 22 heavy (non-hydrogen) atoms. The summed E-state index contributed by atoms with van der Waals surface area (Å²) in [5.74, 6) is 0.897. The number of carbonyl (C=O) groups is 1. The Kier molecular flexibility index (Phi) is 4.20. The van der Waals surface area contributed by atoms with E-state index in [4.69, 9.17) is 0 Å². The van der Waals surface area contributed by atoms with Crippen molar-refractivity contribution in [2.24, 2.45) is 7.05 Å². The van der Waals surface area contributed by atoms with Crippen molar-refractivity contribution >= 4 is 17.7 Å². The van der Waals surface area contributed by atoms with Crippen molar-refractivity contribution in [3.63, 3.8) is 0 Å². The third-order valence-electron chi connectivity index (χ3n) is 3.69. The first-order valence-corrected chi connectivity index (χ1v) is 8.36. The van der Waals surface area contributed by atoms with Crippen molar-refractivity contribution in [2.75, 3.05) is 0 Å². The highest BCUT2D eigenvalue weighted by Crippen LogP contribution is 2.27. The van der Waals surface area contributed by atoms with E-state index in [1.165, 1.54) is 17.3 Å². The zero-order chi connectivity index (χ0) is 15.7. The van der Waals surface area contributed by atoms with E-state index in [0.29, 0.717) is 6.04 Å². The highest BCUT2D eigenvalue weighted by atomic mass is 32.2. The maximum absolute atomic E-state index is 12.0. The van der Waals surface area contributed by atoms with Gasteiger partial charge in [-0.25, -0.2) is 0 Å². The van der Waals surface area contributed by atoms with E-state index in [0.717, 1.165) is 29.4 Å². The van der Waals surface area contributed by atoms with Gasteiger partial charge < -0.3 is 9.88 Å². The topological polar surface area (TPSA) is 59.8 Å². The Morgan fingerprint density at radius 3 is 2.86 bits per heavy atom. The van der Waals surface area contributed by atoms with E-state index in [2.05, 4.69) is 34.6 Å². The number of amides is 1. The Bertz CT molecular complexity index is 693. The van der Waals surface area contributed by atoms with Crippen LogP contribution < -0.4 is 5.32 Å². The Labute approximate surface area is 134 Å². The van der Waals surface area contributed by atoms with Crippen LogP contribution in [0.2, 0.25) is 0 Å². The zero-order valence-electron chi connectivity index (χ0n) is 13.0. The lowest BCUT2D eigenvalue weighted by Gasteiger charge is -2.11. The molecule has 1 atom stereocenters. The summed E-state index contributed by atoms with van der Waals surface area (Å²) in [6, 6.07) is 8.56. The predicted octanol–water partition coefficient (Wildman–Crippen LogP) is 2.55. The van der Waals surface area contributed by atoms with Crippen LogP contribution in [0.25, 0.3) is 11.4 Å². The maximum Gasteiger partial charge on any atom is 0.233 e. The Balaban J connectivity index is 1.74. The number of rotatable bonds is 5. The lowest BCUT2D eigenvalue weighted by molar-refractivity contribution is -0.120. The first-order chi connectivity index (χ1) is 10.5. The number of nitrogens with one attached hydrogen (secondary N) is 1. The molecule has 2 aromatic rings. The summed E-state index contributed by atoms with van der Waals surface area (Å²) in [7, 11) is 1.94. The normalized spacial score (nSPS) is 15.6. The van der Waals surface area contributed by atoms with Gasteiger partial charge in [-0.1, -0.05) is 35.5 Å². The van der Waals surface area contributed by atoms with Crippen LogP contribution in [0.1, 0.15) is 25.3 Å². The van der Waals surface area contributed by atoms with E-state index < -0.39 is 0 Å². The number of benzene rings is 1. The number of nitrogens with zero attached hydrogens (tertiary/aromatic N) is 3. The van der Waals surface area contributed by atoms with Gasteiger partial charge in [0.05, 0.1) is 5.25 Å². The summed E-state index contributed by atoms with van der Waals surface area (Å²) >= 11 is 1.45. The fourth-order valence-electron chi connectivity index (χ4n) is 2.21. The molecule has 1 N–H and O–H groups in total. The van der Waals surface area contributed by atoms with Crippen LogP contribution in [0.5, 0.6) is 0 Å². The molecule has 6 heteroatoms. The maximum atomic E-state index is 12.0. The van der Waals surface area contributed by atoms with Gasteiger partial charge in [0.25, 0.3) is 0 Å². The standard InChI is InChI=1S/C16H20N4OS/c1-10-5-4-6-12(9-10)14-18-19-16(20(14)3)22-11(2)15(21)17-13-7-8-13/h4-6,9,11,13H,7-8H2,1-3H3,(H,17,21). The molecular weight excluding hydrogens is 296 g/mol. The Morgan fingerprint density at radius 1 is 1.41 bits per heavy atom. The first kappa shape index (κ1) is 15.1. The molecule has 0 aliphatic heterocycles. The minimum atomic E-state index is -0.172. The Hall–Kier alpha value is -1.82. The van der Waals surface area contributed by atoms with Crippen LogP contribution in [0, 0.1) is 6.92 Å². The molecule has 0 spiro atoms. The quantitative estimate of drug-likeness (QED) is 0.861. The molecule has 116 valence electrons. The summed E-state index contributed by atoms with van der Waals surface area (Å²) in [4.78, 5) is 12.0. The van der Waals surface area contributed by atoms with Gasteiger partial charge in [0.2, 0.25) is 5.91 Å². The Morgan fingerprint density at radius 2 is 2.18 bits per heavy atom. The molecule has 3 rings (SSSR count). The third-order valence-corrected chi connectivity index (χ3v) is 4.82. The summed E-state index contributed by atoms with van der Waals surface area (Å²) in [6.07, 6.45) is 2.20. The van der Waals surface area contributed by atoms with Gasteiger partial charge in [-0.05, 0) is 32.8 Å². The zero-order valence-corrected chi connectivity index (χ0v) is 13.9. The number of aromatic nitrogens is 3. The third kappa shape index (κ3) is 3.32. The van der Waals surface area contributed by atoms with E-state index in [9.17, 15) is 4.79 Å². The summed E-state index contributed by atoms with van der Waals surface area (Å²) in [5, 5.41) is 12.1. The van der Waals surface area contributed by atoms with Gasteiger partial charge in [-0.15, -0.1) is 10.2 Å². The monoisotopic (exact) mass is 316 g/mol. The smallest absolute Gasteiger partial charge is 0.233 e. The van der Waals surface area contributed by atoms with Gasteiger partial charge in [-0.2, -0.15) is 0 Å². The van der Waals surface area contributed by atoms with Gasteiger partial charge in [0, 0.05) is 18.7 Å². The van der Waals surface area contributed by atoms with E-state index in [1.807, 2.05) is 30.7 Å². The van der Waals surface area contributed by atoms with E-state index in [-0.39, 0.29) is 11.2 Å². The van der Waals surface area contributed by atoms with Gasteiger partial charge in [0.1, 0.15) is 0 Å². The minimum Gasteiger partial charge on any atom is -0.352 e. The second kappa shape index (κ2) is 6.12. The van der Waals surface area contributed by atoms with Crippen molar-refractivity contribution in [1.29, 1.82) is 0 Å². The molecule has 0 saturated heterocycles. The van der Waals surface area contributed by atoms with Gasteiger partial charge in [-0.3, -0.25) is 4.79 Å². The van der Waals surface area contributed by atoms with E-state index >= 15 is 0 Å². The molecule has 1 saturated carbocycles. The number of carbonyl (C=O) groups excluding carboxylic acids is 1. The minimum absolute atomic E-state index is 0.0765. The predicted molar refractivity (Wildman–Crippen MR) is 87.7 cm³/mol. The van der Waals surface area contributed by atoms with Crippen molar-refractivity contribution in [3.8, 4) is 11.4 Å². The second-order valence-electron chi connectivity index (χ2n) is 5.78. The molecule has 1 aromatic heterocycles. The number of hydrogen-bond donors (Lipinski definition) is 1. The van der Waals surface area contributed by atoms with E-state index in [1.54, 1.807) is 0 Å². The molecule has 1 fully saturated rings. The van der Waals surface area contributed by atoms with Crippen molar-refractivity contribution in [3.05, 3.63) is 29.8 Å². The number of hydrogen-bond acceptors (Lipinski definition) is 4. The van der Waals surface area contributed by atoms with Crippen LogP contribution in [-0.4, -0.2) is 32.0 Å². The average molecular weight is 316 g/mol. The lowest BCUT2D eigenvalue weighted by Crippen LogP contribution is -2.32. The molecule has 0 bridgehead atoms. The fraction of sp³-hybridized carbons (Fsp3) is 0.438. The van der Waals surface area contributed by atoms with Crippen LogP contribution in [0.15, 0.2) is 29.4 Å². The van der Waals surface area contributed by atoms with Crippen LogP contribution in [-0.2, 0) is 11.8 Å². The molecule has 1 amide bonds. The van der Waals surface area contributed by atoms with Crippen molar-refractivity contribution in [1.82, 2.24) is 20.1 Å². The lowest BCUT2D eigenvalue weighted by atomic mass is 10.1. The van der Waals surface area contributed by atoms with Crippen molar-refractivity contribution < 1.29 is 4.79 Å². The average Bonchev–Trinajstić information content (AvgIpc) is 3.23. The second-order valence-corrected chi connectivity index (χ2v) is 7.09. The van der Waals surface area contributed by atoms with Crippen molar-refractivity contribution in [2.45, 2.75) is 43.1 Å². The van der Waals surface area contributed by atoms with Crippen LogP contribution in [0.4, 0.5) is 0 Å². The molecule has 5 nitrogen and oxygen atoms in total. The SMILES string of the molecule is Cc1cccc(-c2nnc(SC(C)C(=O)NC3CC3)n2C)c1. The molecule has 1 aliphatic carbocycles. The molecule has 1 aromatic carbocycles. The molecular formula is C16H20N4OS. The molecule has 0 radical (unpaired) electrons. The number of thioether (sulfide) groups is 1. The fourth-order valence-corrected chi connectivity index (χ4v) is 3.03. The van der Waals surface area contributed by atoms with Gasteiger partial charge >= 0.3 is 0 Å².